The van der Waals surface area contributed by atoms with Gasteiger partial charge in [-0.1, -0.05) is 36.4 Å². The number of halogens is 2. The van der Waals surface area contributed by atoms with E-state index in [0.717, 1.165) is 18.9 Å². The van der Waals surface area contributed by atoms with Crippen LogP contribution in [0.4, 0.5) is 14.6 Å². The molecule has 0 aliphatic carbocycles. The van der Waals surface area contributed by atoms with E-state index in [0.29, 0.717) is 50.1 Å². The maximum absolute atomic E-state index is 14.8. The van der Waals surface area contributed by atoms with Gasteiger partial charge in [-0.05, 0) is 42.2 Å². The maximum Gasteiger partial charge on any atom is 0.228 e. The van der Waals surface area contributed by atoms with Gasteiger partial charge in [0.25, 0.3) is 0 Å². The van der Waals surface area contributed by atoms with Crippen LogP contribution in [0.1, 0.15) is 23.5 Å². The first-order valence-electron chi connectivity index (χ1n) is 12.1. The fourth-order valence-electron chi connectivity index (χ4n) is 5.28. The predicted molar refractivity (Wildman–Crippen MR) is 130 cm³/mol. The molecule has 1 aromatic heterocycles. The summed E-state index contributed by atoms with van der Waals surface area (Å²) in [6, 6.07) is 17.9. The van der Waals surface area contributed by atoms with Crippen molar-refractivity contribution in [1.29, 1.82) is 0 Å². The lowest BCUT2D eigenvalue weighted by molar-refractivity contribution is -0.135. The van der Waals surface area contributed by atoms with Crippen LogP contribution in [0, 0.1) is 17.6 Å². The minimum atomic E-state index is -0.624. The number of hydrogen-bond acceptors (Lipinski definition) is 5. The van der Waals surface area contributed by atoms with E-state index < -0.39 is 23.5 Å². The van der Waals surface area contributed by atoms with E-state index in [2.05, 4.69) is 27.6 Å². The summed E-state index contributed by atoms with van der Waals surface area (Å²) >= 11 is 0. The van der Waals surface area contributed by atoms with Crippen molar-refractivity contribution in [3.8, 4) is 0 Å². The molecule has 5 rings (SSSR count). The molecular formula is C27H29F2N5O. The van der Waals surface area contributed by atoms with E-state index >= 15 is 0 Å². The van der Waals surface area contributed by atoms with Gasteiger partial charge in [-0.3, -0.25) is 4.79 Å². The number of hydrogen-bond donors (Lipinski definition) is 1. The van der Waals surface area contributed by atoms with E-state index in [1.807, 2.05) is 34.1 Å². The van der Waals surface area contributed by atoms with Gasteiger partial charge in [0.05, 0.1) is 5.92 Å². The standard InChI is InChI=1S/C27H29F2N5O/c28-20-8-9-22(25(29)16-20)23-17-34(26-7-4-11-31-32-26)18-24(23)27(35)33-13-10-21(30-12-14-33)15-19-5-2-1-3-6-19/h1-9,11,16,21,23-24,30H,10,12-15,17-18H2. The van der Waals surface area contributed by atoms with Crippen LogP contribution in [0.5, 0.6) is 0 Å². The largest absolute Gasteiger partial charge is 0.354 e. The predicted octanol–water partition coefficient (Wildman–Crippen LogP) is 3.41. The van der Waals surface area contributed by atoms with Crippen molar-refractivity contribution in [1.82, 2.24) is 20.4 Å². The van der Waals surface area contributed by atoms with Gasteiger partial charge in [0.1, 0.15) is 11.6 Å². The summed E-state index contributed by atoms with van der Waals surface area (Å²) in [5.74, 6) is -1.44. The molecule has 0 radical (unpaired) electrons. The van der Waals surface area contributed by atoms with Crippen molar-refractivity contribution in [2.24, 2.45) is 5.92 Å². The molecule has 0 bridgehead atoms. The Hall–Kier alpha value is -3.39. The Kier molecular flexibility index (Phi) is 6.99. The molecular weight excluding hydrogens is 448 g/mol. The molecule has 2 aliphatic rings. The summed E-state index contributed by atoms with van der Waals surface area (Å²) in [4.78, 5) is 17.7. The Morgan fingerprint density at radius 1 is 1.03 bits per heavy atom. The highest BCUT2D eigenvalue weighted by Crippen LogP contribution is 2.37. The molecule has 2 fully saturated rings. The highest BCUT2D eigenvalue weighted by atomic mass is 19.1. The van der Waals surface area contributed by atoms with E-state index in [-0.39, 0.29) is 5.91 Å². The van der Waals surface area contributed by atoms with E-state index in [9.17, 15) is 13.6 Å². The molecule has 1 amide bonds. The number of rotatable bonds is 5. The van der Waals surface area contributed by atoms with Crippen LogP contribution in [-0.2, 0) is 11.2 Å². The summed E-state index contributed by atoms with van der Waals surface area (Å²) in [6.45, 7) is 2.78. The lowest BCUT2D eigenvalue weighted by Crippen LogP contribution is -2.41. The zero-order valence-electron chi connectivity index (χ0n) is 19.5. The minimum absolute atomic E-state index is 0.00674. The van der Waals surface area contributed by atoms with Crippen LogP contribution in [0.15, 0.2) is 66.9 Å². The van der Waals surface area contributed by atoms with Crippen molar-refractivity contribution in [3.05, 3.63) is 89.6 Å². The van der Waals surface area contributed by atoms with Gasteiger partial charge in [-0.25, -0.2) is 8.78 Å². The summed E-state index contributed by atoms with van der Waals surface area (Å²) in [7, 11) is 0. The average molecular weight is 478 g/mol. The van der Waals surface area contributed by atoms with Gasteiger partial charge in [0.2, 0.25) is 5.91 Å². The average Bonchev–Trinajstić information content (AvgIpc) is 3.18. The lowest BCUT2D eigenvalue weighted by atomic mass is 9.87. The number of carbonyl (C=O) groups excluding carboxylic acids is 1. The molecule has 3 aromatic rings. The normalized spacial score (nSPS) is 22.7. The fourth-order valence-corrected chi connectivity index (χ4v) is 5.28. The monoisotopic (exact) mass is 477 g/mol. The Balaban J connectivity index is 1.34. The summed E-state index contributed by atoms with van der Waals surface area (Å²) in [5, 5.41) is 11.7. The van der Waals surface area contributed by atoms with Gasteiger partial charge in [-0.15, -0.1) is 5.10 Å². The van der Waals surface area contributed by atoms with Crippen LogP contribution in [0.25, 0.3) is 0 Å². The van der Waals surface area contributed by atoms with Crippen molar-refractivity contribution in [3.63, 3.8) is 0 Å². The second kappa shape index (κ2) is 10.5. The molecule has 0 spiro atoms. The lowest BCUT2D eigenvalue weighted by Gasteiger charge is -2.27. The molecule has 35 heavy (non-hydrogen) atoms. The van der Waals surface area contributed by atoms with Crippen LogP contribution in [0.2, 0.25) is 0 Å². The van der Waals surface area contributed by atoms with Crippen LogP contribution in [0.3, 0.4) is 0 Å². The molecule has 6 nitrogen and oxygen atoms in total. The van der Waals surface area contributed by atoms with E-state index in [1.165, 1.54) is 17.7 Å². The van der Waals surface area contributed by atoms with Crippen molar-refractivity contribution in [2.75, 3.05) is 37.6 Å². The maximum atomic E-state index is 14.8. The third-order valence-electron chi connectivity index (χ3n) is 7.08. The molecule has 0 saturated carbocycles. The smallest absolute Gasteiger partial charge is 0.228 e. The topological polar surface area (TPSA) is 61.4 Å². The van der Waals surface area contributed by atoms with Crippen LogP contribution >= 0.6 is 0 Å². The molecule has 2 aromatic carbocycles. The Labute approximate surface area is 204 Å². The molecule has 1 N–H and O–H groups in total. The second-order valence-electron chi connectivity index (χ2n) is 9.32. The number of nitrogens with one attached hydrogen (secondary N) is 1. The second-order valence-corrected chi connectivity index (χ2v) is 9.32. The summed E-state index contributed by atoms with van der Waals surface area (Å²) in [5.41, 5.74) is 1.64. The molecule has 3 atom stereocenters. The van der Waals surface area contributed by atoms with Gasteiger partial charge < -0.3 is 15.1 Å². The SMILES string of the molecule is O=C(C1CN(c2cccnn2)CC1c1ccc(F)cc1F)N1CCNC(Cc2ccccc2)CC1. The molecule has 8 heteroatoms. The van der Waals surface area contributed by atoms with Crippen molar-refractivity contribution in [2.45, 2.75) is 24.8 Å². The number of nitrogens with zero attached hydrogens (tertiary/aromatic N) is 4. The highest BCUT2D eigenvalue weighted by molar-refractivity contribution is 5.81. The first-order valence-corrected chi connectivity index (χ1v) is 12.1. The summed E-state index contributed by atoms with van der Waals surface area (Å²) in [6.07, 6.45) is 3.35. The van der Waals surface area contributed by atoms with Crippen LogP contribution < -0.4 is 10.2 Å². The first-order chi connectivity index (χ1) is 17.1. The quantitative estimate of drug-likeness (QED) is 0.610. The number of aromatic nitrogens is 2. The Morgan fingerprint density at radius 3 is 2.66 bits per heavy atom. The Bertz CT molecular complexity index is 1150. The molecule has 2 saturated heterocycles. The third kappa shape index (κ3) is 5.32. The molecule has 2 aliphatic heterocycles. The van der Waals surface area contributed by atoms with Gasteiger partial charge in [-0.2, -0.15) is 5.10 Å². The van der Waals surface area contributed by atoms with Crippen molar-refractivity contribution < 1.29 is 13.6 Å². The first kappa shape index (κ1) is 23.4. The molecule has 3 unspecified atom stereocenters. The summed E-state index contributed by atoms with van der Waals surface area (Å²) < 4.78 is 28.4. The number of amides is 1. The van der Waals surface area contributed by atoms with E-state index in [4.69, 9.17) is 0 Å². The third-order valence-corrected chi connectivity index (χ3v) is 7.08. The van der Waals surface area contributed by atoms with Gasteiger partial charge in [0.15, 0.2) is 5.82 Å². The highest BCUT2D eigenvalue weighted by Gasteiger charge is 2.42. The number of benzene rings is 2. The van der Waals surface area contributed by atoms with Gasteiger partial charge >= 0.3 is 0 Å². The fraction of sp³-hybridized carbons (Fsp3) is 0.370. The Morgan fingerprint density at radius 2 is 1.89 bits per heavy atom. The number of anilines is 1. The van der Waals surface area contributed by atoms with Gasteiger partial charge in [0, 0.05) is 56.9 Å². The van der Waals surface area contributed by atoms with Crippen LogP contribution in [-0.4, -0.2) is 59.8 Å². The number of carbonyl (C=O) groups is 1. The zero-order chi connectivity index (χ0) is 24.2. The van der Waals surface area contributed by atoms with E-state index in [1.54, 1.807) is 12.3 Å². The molecule has 182 valence electrons. The molecule has 3 heterocycles. The minimum Gasteiger partial charge on any atom is -0.354 e. The zero-order valence-corrected chi connectivity index (χ0v) is 19.5. The van der Waals surface area contributed by atoms with Crippen molar-refractivity contribution >= 4 is 11.7 Å².